The van der Waals surface area contributed by atoms with Crippen LogP contribution in [0, 0.1) is 17.7 Å². The maximum atomic E-state index is 13.5. The molecule has 9 heteroatoms. The second kappa shape index (κ2) is 10.9. The summed E-state index contributed by atoms with van der Waals surface area (Å²) >= 11 is 5.92. The molecule has 1 aromatic heterocycles. The highest BCUT2D eigenvalue weighted by atomic mass is 35.5. The highest BCUT2D eigenvalue weighted by Gasteiger charge is 2.33. The zero-order chi connectivity index (χ0) is 25.1. The van der Waals surface area contributed by atoms with E-state index in [9.17, 15) is 9.18 Å². The van der Waals surface area contributed by atoms with Gasteiger partial charge in [-0.05, 0) is 49.2 Å². The van der Waals surface area contributed by atoms with Gasteiger partial charge in [-0.25, -0.2) is 14.4 Å². The molecule has 0 amide bonds. The third-order valence-electron chi connectivity index (χ3n) is 6.89. The number of hydrogen-bond acceptors (Lipinski definition) is 7. The fraction of sp³-hybridized carbons (Fsp3) is 0.370. The first-order valence-corrected chi connectivity index (χ1v) is 12.4. The average Bonchev–Trinajstić information content (AvgIpc) is 3.34. The lowest BCUT2D eigenvalue weighted by Gasteiger charge is -2.33. The van der Waals surface area contributed by atoms with E-state index in [2.05, 4.69) is 20.2 Å². The largest absolute Gasteiger partial charge is 0.496 e. The molecule has 2 atom stereocenters. The van der Waals surface area contributed by atoms with Gasteiger partial charge in [0, 0.05) is 54.7 Å². The first-order chi connectivity index (χ1) is 17.5. The van der Waals surface area contributed by atoms with Crippen molar-refractivity contribution in [1.29, 1.82) is 0 Å². The summed E-state index contributed by atoms with van der Waals surface area (Å²) < 4.78 is 24.7. The van der Waals surface area contributed by atoms with Crippen LogP contribution < -0.4 is 10.1 Å². The first kappa shape index (κ1) is 24.6. The van der Waals surface area contributed by atoms with Crippen LogP contribution in [0.15, 0.2) is 48.8 Å². The summed E-state index contributed by atoms with van der Waals surface area (Å²) in [5.74, 6) is 1.90. The molecule has 2 saturated heterocycles. The van der Waals surface area contributed by atoms with Crippen molar-refractivity contribution in [2.24, 2.45) is 11.8 Å². The van der Waals surface area contributed by atoms with E-state index in [1.54, 1.807) is 25.3 Å². The van der Waals surface area contributed by atoms with Crippen LogP contribution in [-0.4, -0.2) is 60.6 Å². The van der Waals surface area contributed by atoms with E-state index in [0.29, 0.717) is 40.0 Å². The molecule has 2 fully saturated rings. The number of anilines is 2. The van der Waals surface area contributed by atoms with Gasteiger partial charge in [0.2, 0.25) is 0 Å². The number of allylic oxidation sites excluding steroid dienone is 1. The molecule has 3 heterocycles. The number of rotatable bonds is 8. The van der Waals surface area contributed by atoms with Crippen LogP contribution in [0.25, 0.3) is 10.9 Å². The molecule has 1 N–H and O–H groups in total. The molecule has 0 spiro atoms. The Kier molecular flexibility index (Phi) is 7.46. The number of methoxy groups -OCH3 is 1. The van der Waals surface area contributed by atoms with Crippen LogP contribution >= 0.6 is 11.6 Å². The Balaban J connectivity index is 1.30. The second-order valence-electron chi connectivity index (χ2n) is 9.31. The summed E-state index contributed by atoms with van der Waals surface area (Å²) in [5, 5.41) is 3.89. The van der Waals surface area contributed by atoms with E-state index < -0.39 is 5.82 Å². The third kappa shape index (κ3) is 5.51. The van der Waals surface area contributed by atoms with Gasteiger partial charge < -0.3 is 14.8 Å². The molecule has 0 radical (unpaired) electrons. The monoisotopic (exact) mass is 510 g/mol. The minimum Gasteiger partial charge on any atom is -0.496 e. The van der Waals surface area contributed by atoms with Gasteiger partial charge in [-0.1, -0.05) is 17.7 Å². The molecular formula is C27H28ClFN4O3. The van der Waals surface area contributed by atoms with Gasteiger partial charge in [0.15, 0.2) is 5.78 Å². The molecular weight excluding hydrogens is 483 g/mol. The lowest BCUT2D eigenvalue weighted by molar-refractivity contribution is -0.114. The Morgan fingerprint density at radius 1 is 1.28 bits per heavy atom. The number of nitrogens with one attached hydrogen (secondary N) is 1. The van der Waals surface area contributed by atoms with Crippen molar-refractivity contribution < 1.29 is 18.7 Å². The van der Waals surface area contributed by atoms with E-state index in [1.807, 2.05) is 12.1 Å². The number of ether oxygens (including phenoxy) is 2. The Morgan fingerprint density at radius 2 is 2.14 bits per heavy atom. The van der Waals surface area contributed by atoms with Gasteiger partial charge in [-0.3, -0.25) is 9.69 Å². The fourth-order valence-corrected chi connectivity index (χ4v) is 5.13. The molecule has 36 heavy (non-hydrogen) atoms. The van der Waals surface area contributed by atoms with E-state index in [0.717, 1.165) is 44.8 Å². The van der Waals surface area contributed by atoms with Crippen molar-refractivity contribution in [2.45, 2.75) is 12.8 Å². The molecule has 2 aliphatic rings. The van der Waals surface area contributed by atoms with Gasteiger partial charge in [0.1, 0.15) is 23.7 Å². The zero-order valence-electron chi connectivity index (χ0n) is 20.0. The maximum Gasteiger partial charge on any atom is 0.159 e. The van der Waals surface area contributed by atoms with E-state index in [-0.39, 0.29) is 17.2 Å². The number of ketones is 1. The van der Waals surface area contributed by atoms with Crippen LogP contribution in [0.3, 0.4) is 0 Å². The number of carbonyl (C=O) groups is 1. The quantitative estimate of drug-likeness (QED) is 0.436. The number of aromatic nitrogens is 2. The van der Waals surface area contributed by atoms with Crippen molar-refractivity contribution in [3.8, 4) is 5.75 Å². The first-order valence-electron chi connectivity index (χ1n) is 12.0. The Hall–Kier alpha value is -3.07. The summed E-state index contributed by atoms with van der Waals surface area (Å²) in [5.41, 5.74) is 1.98. The molecule has 188 valence electrons. The van der Waals surface area contributed by atoms with Gasteiger partial charge in [0.25, 0.3) is 0 Å². The highest BCUT2D eigenvalue weighted by molar-refractivity contribution is 6.31. The molecule has 0 aliphatic carbocycles. The summed E-state index contributed by atoms with van der Waals surface area (Å²) in [7, 11) is 1.57. The number of fused-ring (bicyclic) bond motifs is 2. The maximum absolute atomic E-state index is 13.5. The van der Waals surface area contributed by atoms with Crippen molar-refractivity contribution in [2.75, 3.05) is 45.3 Å². The van der Waals surface area contributed by atoms with Gasteiger partial charge in [0.05, 0.1) is 24.3 Å². The van der Waals surface area contributed by atoms with E-state index in [4.69, 9.17) is 21.1 Å². The van der Waals surface area contributed by atoms with E-state index in [1.165, 1.54) is 18.5 Å². The SMILES string of the molecule is COc1cc2ncnc(Nc3ccc(F)c(Cl)c3)c2cc1CC(=O)/C=C/CN1CCC2COCC2C1. The third-order valence-corrected chi connectivity index (χ3v) is 7.18. The van der Waals surface area contributed by atoms with Crippen LogP contribution in [0.1, 0.15) is 12.0 Å². The van der Waals surface area contributed by atoms with E-state index >= 15 is 0 Å². The van der Waals surface area contributed by atoms with Crippen LogP contribution in [0.4, 0.5) is 15.9 Å². The molecule has 3 aromatic rings. The van der Waals surface area contributed by atoms with Crippen molar-refractivity contribution >= 4 is 39.8 Å². The molecule has 7 nitrogen and oxygen atoms in total. The van der Waals surface area contributed by atoms with Crippen LogP contribution in [0.2, 0.25) is 5.02 Å². The average molecular weight is 511 g/mol. The fourth-order valence-electron chi connectivity index (χ4n) is 4.95. The Bertz CT molecular complexity index is 1300. The summed E-state index contributed by atoms with van der Waals surface area (Å²) in [6.45, 7) is 4.56. The topological polar surface area (TPSA) is 76.6 Å². The lowest BCUT2D eigenvalue weighted by Crippen LogP contribution is -2.39. The van der Waals surface area contributed by atoms with Gasteiger partial charge in [-0.2, -0.15) is 0 Å². The predicted octanol–water partition coefficient (Wildman–Crippen LogP) is 4.81. The number of piperidine rings is 1. The molecule has 0 bridgehead atoms. The molecule has 0 saturated carbocycles. The standard InChI is InChI=1S/C27H28ClFN4O3/c1-35-26-12-25-22(27(31-16-30-25)32-20-4-5-24(29)23(28)11-20)10-18(26)9-21(34)3-2-7-33-8-6-17-14-36-15-19(17)13-33/h2-5,10-12,16-17,19H,6-9,13-15H2,1H3,(H,30,31,32)/b3-2+. The number of benzene rings is 2. The normalized spacial score (nSPS) is 20.1. The van der Waals surface area contributed by atoms with Gasteiger partial charge >= 0.3 is 0 Å². The Labute approximate surface area is 214 Å². The molecule has 2 unspecified atom stereocenters. The number of halogens is 2. The second-order valence-corrected chi connectivity index (χ2v) is 9.72. The Morgan fingerprint density at radius 3 is 2.97 bits per heavy atom. The summed E-state index contributed by atoms with van der Waals surface area (Å²) in [6.07, 6.45) is 6.37. The van der Waals surface area contributed by atoms with Gasteiger partial charge in [-0.15, -0.1) is 0 Å². The summed E-state index contributed by atoms with van der Waals surface area (Å²) in [4.78, 5) is 23.9. The number of nitrogens with zero attached hydrogens (tertiary/aromatic N) is 3. The minimum atomic E-state index is -0.495. The van der Waals surface area contributed by atoms with Crippen LogP contribution in [-0.2, 0) is 16.0 Å². The minimum absolute atomic E-state index is 0.0107. The zero-order valence-corrected chi connectivity index (χ0v) is 20.8. The highest BCUT2D eigenvalue weighted by Crippen LogP contribution is 2.31. The van der Waals surface area contributed by atoms with Crippen molar-refractivity contribution in [3.05, 3.63) is 65.2 Å². The smallest absolute Gasteiger partial charge is 0.159 e. The number of hydrogen-bond donors (Lipinski definition) is 1. The lowest BCUT2D eigenvalue weighted by atomic mass is 9.89. The number of carbonyl (C=O) groups excluding carboxylic acids is 1. The van der Waals surface area contributed by atoms with Crippen molar-refractivity contribution in [1.82, 2.24) is 14.9 Å². The summed E-state index contributed by atoms with van der Waals surface area (Å²) in [6, 6.07) is 8.01. The molecule has 5 rings (SSSR count). The van der Waals surface area contributed by atoms with Crippen LogP contribution in [0.5, 0.6) is 5.75 Å². The molecule has 2 aromatic carbocycles. The molecule has 2 aliphatic heterocycles. The predicted molar refractivity (Wildman–Crippen MR) is 137 cm³/mol. The number of likely N-dealkylation sites (tertiary alicyclic amines) is 1. The van der Waals surface area contributed by atoms with Crippen molar-refractivity contribution in [3.63, 3.8) is 0 Å².